The molecule has 0 spiro atoms. The lowest BCUT2D eigenvalue weighted by atomic mass is 10.5. The highest BCUT2D eigenvalue weighted by Gasteiger charge is 2.17. The lowest BCUT2D eigenvalue weighted by Gasteiger charge is -2.24. The van der Waals surface area contributed by atoms with Gasteiger partial charge in [-0.05, 0) is 6.42 Å². The van der Waals surface area contributed by atoms with E-state index in [0.29, 0.717) is 44.8 Å². The van der Waals surface area contributed by atoms with E-state index in [1.165, 1.54) is 0 Å². The van der Waals surface area contributed by atoms with E-state index in [2.05, 4.69) is 27.2 Å². The van der Waals surface area contributed by atoms with Crippen molar-refractivity contribution in [3.63, 3.8) is 0 Å². The van der Waals surface area contributed by atoms with Crippen LogP contribution < -0.4 is 15.1 Å². The Balaban J connectivity index is 3.17. The smallest absolute Gasteiger partial charge is 0.235 e. The molecule has 1 aromatic heterocycles. The molecule has 0 aliphatic heterocycles. The summed E-state index contributed by atoms with van der Waals surface area (Å²) in [5.74, 6) is 1.37. The third-order valence-electron chi connectivity index (χ3n) is 2.85. The summed E-state index contributed by atoms with van der Waals surface area (Å²) in [4.78, 5) is 16.9. The molecule has 0 radical (unpaired) electrons. The number of nitrogens with zero attached hydrogens (tertiary/aromatic N) is 5. The number of ether oxygens (including phenoxy) is 4. The minimum atomic E-state index is 0.291. The molecule has 0 unspecified atom stereocenters. The largest absolute Gasteiger partial charge is 0.364 e. The average molecular weight is 344 g/mol. The lowest BCUT2D eigenvalue weighted by Crippen LogP contribution is -2.33. The molecule has 0 fully saturated rings. The van der Waals surface area contributed by atoms with E-state index in [1.807, 2.05) is 0 Å². The number of methoxy groups -OCH3 is 4. The number of aromatic nitrogens is 3. The summed E-state index contributed by atoms with van der Waals surface area (Å²) in [6, 6.07) is 0. The van der Waals surface area contributed by atoms with Gasteiger partial charge in [0.15, 0.2) is 0 Å². The van der Waals surface area contributed by atoms with Crippen molar-refractivity contribution in [2.75, 3.05) is 77.0 Å². The summed E-state index contributed by atoms with van der Waals surface area (Å²) in [6.45, 7) is 3.99. The van der Waals surface area contributed by atoms with E-state index < -0.39 is 0 Å². The Bertz CT molecular complexity index is 419. The summed E-state index contributed by atoms with van der Waals surface area (Å²) >= 11 is 0. The molecule has 1 aromatic rings. The summed E-state index contributed by atoms with van der Waals surface area (Å²) in [5, 5.41) is 3.17. The van der Waals surface area contributed by atoms with Gasteiger partial charge in [-0.1, -0.05) is 6.92 Å². The molecular weight excluding hydrogens is 316 g/mol. The van der Waals surface area contributed by atoms with Gasteiger partial charge in [-0.3, -0.25) is 9.80 Å². The van der Waals surface area contributed by atoms with Crippen molar-refractivity contribution in [2.45, 2.75) is 13.3 Å². The van der Waals surface area contributed by atoms with E-state index in [1.54, 1.807) is 38.2 Å². The first-order valence-electron chi connectivity index (χ1n) is 7.65. The number of hydrogen-bond acceptors (Lipinski definition) is 10. The monoisotopic (exact) mass is 344 g/mol. The van der Waals surface area contributed by atoms with Gasteiger partial charge in [-0.25, -0.2) is 0 Å². The Kier molecular flexibility index (Phi) is 9.92. The van der Waals surface area contributed by atoms with Crippen LogP contribution in [0.4, 0.5) is 17.8 Å². The Morgan fingerprint density at radius 1 is 0.750 bits per heavy atom. The Hall–Kier alpha value is -1.75. The maximum atomic E-state index is 5.19. The van der Waals surface area contributed by atoms with Crippen LogP contribution in [0.5, 0.6) is 0 Å². The minimum absolute atomic E-state index is 0.291. The summed E-state index contributed by atoms with van der Waals surface area (Å²) in [7, 11) is 6.40. The van der Waals surface area contributed by atoms with E-state index in [9.17, 15) is 0 Å². The predicted molar refractivity (Wildman–Crippen MR) is 91.1 cm³/mol. The van der Waals surface area contributed by atoms with Crippen molar-refractivity contribution in [1.82, 2.24) is 15.0 Å². The van der Waals surface area contributed by atoms with Gasteiger partial charge < -0.3 is 24.3 Å². The first kappa shape index (κ1) is 20.3. The number of nitrogens with one attached hydrogen (secondary N) is 1. The first-order valence-corrected chi connectivity index (χ1v) is 7.65. The molecule has 24 heavy (non-hydrogen) atoms. The lowest BCUT2D eigenvalue weighted by molar-refractivity contribution is 0.136. The van der Waals surface area contributed by atoms with Gasteiger partial charge in [0.25, 0.3) is 0 Å². The zero-order valence-corrected chi connectivity index (χ0v) is 15.1. The highest BCUT2D eigenvalue weighted by molar-refractivity contribution is 5.44. The van der Waals surface area contributed by atoms with Crippen molar-refractivity contribution in [1.29, 1.82) is 0 Å². The number of anilines is 3. The van der Waals surface area contributed by atoms with E-state index in [4.69, 9.17) is 18.9 Å². The number of hydrogen-bond donors (Lipinski definition) is 1. The summed E-state index contributed by atoms with van der Waals surface area (Å²) in [5.41, 5.74) is 0. The molecular formula is C14H28N6O4. The highest BCUT2D eigenvalue weighted by Crippen LogP contribution is 2.17. The van der Waals surface area contributed by atoms with Crippen molar-refractivity contribution in [3.05, 3.63) is 0 Å². The second-order valence-electron chi connectivity index (χ2n) is 4.94. The van der Waals surface area contributed by atoms with Gasteiger partial charge in [0.2, 0.25) is 17.8 Å². The molecule has 10 nitrogen and oxygen atoms in total. The van der Waals surface area contributed by atoms with E-state index >= 15 is 0 Å². The maximum Gasteiger partial charge on any atom is 0.235 e. The highest BCUT2D eigenvalue weighted by atomic mass is 16.5. The van der Waals surface area contributed by atoms with Crippen LogP contribution >= 0.6 is 0 Å². The summed E-state index contributed by atoms with van der Waals surface area (Å²) in [6.07, 6.45) is 0.954. The normalized spacial score (nSPS) is 10.7. The molecule has 138 valence electrons. The van der Waals surface area contributed by atoms with Gasteiger partial charge in [-0.2, -0.15) is 15.0 Å². The van der Waals surface area contributed by atoms with Crippen LogP contribution in [-0.4, -0.2) is 76.9 Å². The molecule has 1 N–H and O–H groups in total. The maximum absolute atomic E-state index is 5.19. The Morgan fingerprint density at radius 3 is 1.50 bits per heavy atom. The van der Waals surface area contributed by atoms with Crippen LogP contribution in [0.15, 0.2) is 0 Å². The van der Waals surface area contributed by atoms with Crippen molar-refractivity contribution in [2.24, 2.45) is 0 Å². The van der Waals surface area contributed by atoms with E-state index in [0.717, 1.165) is 13.0 Å². The van der Waals surface area contributed by atoms with Crippen molar-refractivity contribution < 1.29 is 18.9 Å². The molecule has 0 aliphatic carbocycles. The Morgan fingerprint density at radius 2 is 1.17 bits per heavy atom. The Labute approximate surface area is 143 Å². The van der Waals surface area contributed by atoms with Gasteiger partial charge >= 0.3 is 0 Å². The number of rotatable bonds is 13. The molecule has 0 atom stereocenters. The second kappa shape index (κ2) is 11.7. The van der Waals surface area contributed by atoms with Gasteiger partial charge in [0, 0.05) is 35.0 Å². The molecule has 0 aromatic carbocycles. The topological polar surface area (TPSA) is 94.1 Å². The zero-order valence-electron chi connectivity index (χ0n) is 15.1. The fourth-order valence-electron chi connectivity index (χ4n) is 1.88. The van der Waals surface area contributed by atoms with E-state index in [-0.39, 0.29) is 0 Å². The van der Waals surface area contributed by atoms with Gasteiger partial charge in [-0.15, -0.1) is 0 Å². The van der Waals surface area contributed by atoms with Crippen LogP contribution in [-0.2, 0) is 18.9 Å². The van der Waals surface area contributed by atoms with Crippen LogP contribution in [0, 0.1) is 0 Å². The van der Waals surface area contributed by atoms with Crippen LogP contribution in [0.25, 0.3) is 0 Å². The van der Waals surface area contributed by atoms with Crippen LogP contribution in [0.2, 0.25) is 0 Å². The first-order chi connectivity index (χ1) is 11.7. The average Bonchev–Trinajstić information content (AvgIpc) is 2.59. The van der Waals surface area contributed by atoms with Crippen molar-refractivity contribution in [3.8, 4) is 0 Å². The third kappa shape index (κ3) is 6.40. The molecule has 1 heterocycles. The fourth-order valence-corrected chi connectivity index (χ4v) is 1.88. The molecule has 0 aliphatic rings. The molecule has 0 amide bonds. The van der Waals surface area contributed by atoms with Crippen LogP contribution in [0.1, 0.15) is 13.3 Å². The standard InChI is InChI=1S/C14H28N6O4/c1-6-7-15-12-16-13(19(8-21-2)9-22-3)18-14(17-12)20(10-23-4)11-24-5/h6-11H2,1-5H3,(H,15,16,17,18). The molecule has 1 rings (SSSR count). The molecule has 0 saturated carbocycles. The zero-order chi connectivity index (χ0) is 17.8. The quantitative estimate of drug-likeness (QED) is 0.516. The summed E-state index contributed by atoms with van der Waals surface area (Å²) < 4.78 is 20.8. The van der Waals surface area contributed by atoms with Crippen LogP contribution in [0.3, 0.4) is 0 Å². The fraction of sp³-hybridized carbons (Fsp3) is 0.786. The second-order valence-corrected chi connectivity index (χ2v) is 4.94. The van der Waals surface area contributed by atoms with Gasteiger partial charge in [0.05, 0.1) is 0 Å². The molecule has 0 bridgehead atoms. The third-order valence-corrected chi connectivity index (χ3v) is 2.85. The molecule has 0 saturated heterocycles. The van der Waals surface area contributed by atoms with Gasteiger partial charge in [0.1, 0.15) is 26.9 Å². The van der Waals surface area contributed by atoms with Crippen molar-refractivity contribution >= 4 is 17.8 Å². The minimum Gasteiger partial charge on any atom is -0.364 e. The molecule has 10 heteroatoms. The predicted octanol–water partition coefficient (Wildman–Crippen LogP) is 0.722. The SMILES string of the molecule is CCCNc1nc(N(COC)COC)nc(N(COC)COC)n1.